The quantitative estimate of drug-likeness (QED) is 0.733. The van der Waals surface area contributed by atoms with Gasteiger partial charge in [0.2, 0.25) is 10.0 Å². The van der Waals surface area contributed by atoms with Gasteiger partial charge in [0.15, 0.2) is 0 Å². The molecule has 2 N–H and O–H groups in total. The summed E-state index contributed by atoms with van der Waals surface area (Å²) >= 11 is 0. The Balaban J connectivity index is 1.36. The predicted octanol–water partition coefficient (Wildman–Crippen LogP) is 1.83. The van der Waals surface area contributed by atoms with Crippen molar-refractivity contribution in [3.05, 3.63) is 62.6 Å². The first-order valence-corrected chi connectivity index (χ1v) is 12.0. The maximum Gasteiger partial charge on any atom is 0.332 e. The van der Waals surface area contributed by atoms with Gasteiger partial charge in [-0.2, -0.15) is 0 Å². The number of nitrogens with zero attached hydrogens (tertiary/aromatic N) is 2. The molecule has 1 aliphatic heterocycles. The molecule has 31 heavy (non-hydrogen) atoms. The molecule has 0 atom stereocenters. The largest absolute Gasteiger partial charge is 0.332 e. The highest BCUT2D eigenvalue weighted by atomic mass is 32.2. The molecule has 2 aromatic rings. The molecule has 0 spiro atoms. The summed E-state index contributed by atoms with van der Waals surface area (Å²) in [6, 6.07) is 4.84. The third-order valence-corrected chi connectivity index (χ3v) is 7.98. The number of likely N-dealkylation sites (tertiary alicyclic amines) is 1. The molecule has 8 nitrogen and oxygen atoms in total. The van der Waals surface area contributed by atoms with Gasteiger partial charge in [-0.1, -0.05) is 6.07 Å². The van der Waals surface area contributed by atoms with E-state index in [1.165, 1.54) is 10.1 Å². The Kier molecular flexibility index (Phi) is 5.65. The molecular weight excluding hydrogens is 416 g/mol. The number of pyridine rings is 1. The van der Waals surface area contributed by atoms with Crippen molar-refractivity contribution in [2.45, 2.75) is 44.9 Å². The first-order chi connectivity index (χ1) is 14.6. The second kappa shape index (κ2) is 8.12. The number of rotatable bonds is 5. The van der Waals surface area contributed by atoms with Crippen LogP contribution in [0.5, 0.6) is 0 Å². The van der Waals surface area contributed by atoms with E-state index in [9.17, 15) is 18.0 Å². The van der Waals surface area contributed by atoms with E-state index in [0.29, 0.717) is 19.6 Å². The highest BCUT2D eigenvalue weighted by Crippen LogP contribution is 2.33. The lowest BCUT2D eigenvalue weighted by molar-refractivity contribution is 0.175. The number of carbonyl (C=O) groups is 1. The normalized spacial score (nSPS) is 16.6. The number of aryl methyl sites for hydroxylation is 3. The molecule has 2 heterocycles. The van der Waals surface area contributed by atoms with Crippen molar-refractivity contribution in [1.82, 2.24) is 14.2 Å². The number of carbonyl (C=O) groups excluding carboxylic acids is 1. The molecule has 0 saturated carbocycles. The van der Waals surface area contributed by atoms with E-state index >= 15 is 0 Å². The minimum Gasteiger partial charge on any atom is -0.319 e. The number of hydrogen-bond acceptors (Lipinski definition) is 5. The van der Waals surface area contributed by atoms with Gasteiger partial charge in [0.05, 0.1) is 0 Å². The van der Waals surface area contributed by atoms with Crippen LogP contribution < -0.4 is 15.6 Å². The van der Waals surface area contributed by atoms with E-state index in [0.717, 1.165) is 47.2 Å². The first kappa shape index (κ1) is 21.6. The average Bonchev–Trinajstić information content (AvgIpc) is 3.11. The van der Waals surface area contributed by atoms with Crippen LogP contribution in [0.1, 0.15) is 34.2 Å². The fourth-order valence-corrected chi connectivity index (χ4v) is 5.61. The Morgan fingerprint density at radius 2 is 1.94 bits per heavy atom. The second-order valence-corrected chi connectivity index (χ2v) is 10.5. The summed E-state index contributed by atoms with van der Waals surface area (Å²) in [5.74, 6) is 0. The summed E-state index contributed by atoms with van der Waals surface area (Å²) in [5, 5.41) is 2.14. The molecule has 9 heteroatoms. The topological polar surface area (TPSA) is 101 Å². The van der Waals surface area contributed by atoms with Gasteiger partial charge in [0.25, 0.3) is 5.56 Å². The highest BCUT2D eigenvalue weighted by Gasteiger charge is 2.38. The summed E-state index contributed by atoms with van der Waals surface area (Å²) in [7, 11) is -2.11. The zero-order valence-electron chi connectivity index (χ0n) is 18.1. The first-order valence-electron chi connectivity index (χ1n) is 10.5. The lowest BCUT2D eigenvalue weighted by Gasteiger charge is -2.38. The molecule has 1 saturated heterocycles. The van der Waals surface area contributed by atoms with Crippen LogP contribution >= 0.6 is 0 Å². The molecule has 166 valence electrons. The van der Waals surface area contributed by atoms with Gasteiger partial charge >= 0.3 is 6.03 Å². The predicted molar refractivity (Wildman–Crippen MR) is 120 cm³/mol. The summed E-state index contributed by atoms with van der Waals surface area (Å²) in [5.41, 5.74) is 5.88. The number of sulfonamides is 1. The number of urea groups is 1. The van der Waals surface area contributed by atoms with Crippen LogP contribution in [0.3, 0.4) is 0 Å². The van der Waals surface area contributed by atoms with E-state index in [1.807, 2.05) is 24.8 Å². The number of hydrogen-bond donors (Lipinski definition) is 2. The molecule has 2 amide bonds. The Bertz CT molecular complexity index is 1200. The minimum atomic E-state index is -3.79. The van der Waals surface area contributed by atoms with Crippen molar-refractivity contribution in [3.63, 3.8) is 0 Å². The van der Waals surface area contributed by atoms with Gasteiger partial charge in [-0.05, 0) is 67.0 Å². The monoisotopic (exact) mass is 444 g/mol. The van der Waals surface area contributed by atoms with Crippen LogP contribution in [0.4, 0.5) is 10.5 Å². The lowest BCUT2D eigenvalue weighted by atomic mass is 9.99. The summed E-state index contributed by atoms with van der Waals surface area (Å²) in [6.45, 7) is 5.08. The molecule has 1 aliphatic carbocycles. The molecule has 1 aromatic heterocycles. The molecule has 1 aromatic carbocycles. The van der Waals surface area contributed by atoms with E-state index in [-0.39, 0.29) is 5.56 Å². The third-order valence-electron chi connectivity index (χ3n) is 6.33. The van der Waals surface area contributed by atoms with Gasteiger partial charge in [-0.15, -0.1) is 0 Å². The van der Waals surface area contributed by atoms with Gasteiger partial charge in [-0.3, -0.25) is 9.69 Å². The molecule has 2 aliphatic rings. The number of amides is 2. The number of aromatic nitrogens is 1. The molecular formula is C22H28N4O4S. The Labute approximate surface area is 182 Å². The lowest BCUT2D eigenvalue weighted by Crippen LogP contribution is -2.58. The zero-order chi connectivity index (χ0) is 22.3. The van der Waals surface area contributed by atoms with E-state index < -0.39 is 21.3 Å². The van der Waals surface area contributed by atoms with Gasteiger partial charge in [0.1, 0.15) is 5.25 Å². The molecule has 0 unspecified atom stereocenters. The molecule has 1 fully saturated rings. The van der Waals surface area contributed by atoms with Gasteiger partial charge < -0.3 is 9.88 Å². The van der Waals surface area contributed by atoms with Crippen molar-refractivity contribution in [2.75, 3.05) is 18.4 Å². The Hall–Kier alpha value is -2.65. The Morgan fingerprint density at radius 3 is 2.65 bits per heavy atom. The number of anilines is 1. The fourth-order valence-electron chi connectivity index (χ4n) is 4.32. The van der Waals surface area contributed by atoms with Crippen molar-refractivity contribution in [2.24, 2.45) is 7.05 Å². The van der Waals surface area contributed by atoms with Gasteiger partial charge in [0, 0.05) is 44.6 Å². The van der Waals surface area contributed by atoms with Crippen LogP contribution in [0, 0.1) is 13.8 Å². The smallest absolute Gasteiger partial charge is 0.319 e. The van der Waals surface area contributed by atoms with E-state index in [4.69, 9.17) is 0 Å². The SMILES string of the molecule is Cc1cc2c(c(NC(=O)NS(=O)(=O)C3CN(Cc4ccn(C)c(=O)c4)C3)c1C)CCC2. The number of benzene rings is 1. The van der Waals surface area contributed by atoms with Crippen molar-refractivity contribution in [3.8, 4) is 0 Å². The number of fused-ring (bicyclic) bond motifs is 1. The molecule has 0 radical (unpaired) electrons. The van der Waals surface area contributed by atoms with Gasteiger partial charge in [-0.25, -0.2) is 17.9 Å². The summed E-state index contributed by atoms with van der Waals surface area (Å²) in [6.07, 6.45) is 4.61. The maximum atomic E-state index is 12.6. The number of nitrogens with one attached hydrogen (secondary N) is 2. The van der Waals surface area contributed by atoms with E-state index in [2.05, 4.69) is 16.1 Å². The van der Waals surface area contributed by atoms with Crippen LogP contribution in [0.25, 0.3) is 0 Å². The van der Waals surface area contributed by atoms with Crippen molar-refractivity contribution in [1.29, 1.82) is 0 Å². The second-order valence-electron chi connectivity index (χ2n) is 8.59. The van der Waals surface area contributed by atoms with Crippen LogP contribution in [0.2, 0.25) is 0 Å². The van der Waals surface area contributed by atoms with Crippen molar-refractivity contribution < 1.29 is 13.2 Å². The molecule has 4 rings (SSSR count). The Morgan fingerprint density at radius 1 is 1.19 bits per heavy atom. The van der Waals surface area contributed by atoms with Crippen LogP contribution in [-0.2, 0) is 36.5 Å². The summed E-state index contributed by atoms with van der Waals surface area (Å²) < 4.78 is 29.0. The minimum absolute atomic E-state index is 0.0986. The standard InChI is InChI=1S/C22H28N4O4S/c1-14-9-17-5-4-6-19(17)21(15(14)2)23-22(28)24-31(29,30)18-12-26(13-18)11-16-7-8-25(3)20(27)10-16/h7-10,18H,4-6,11-13H2,1-3H3,(H2,23,24,28). The third kappa shape index (κ3) is 4.38. The summed E-state index contributed by atoms with van der Waals surface area (Å²) in [4.78, 5) is 26.2. The van der Waals surface area contributed by atoms with E-state index in [1.54, 1.807) is 19.3 Å². The molecule has 0 bridgehead atoms. The van der Waals surface area contributed by atoms with Crippen molar-refractivity contribution >= 4 is 21.7 Å². The maximum absolute atomic E-state index is 12.6. The average molecular weight is 445 g/mol. The van der Waals surface area contributed by atoms with Crippen LogP contribution in [0.15, 0.2) is 29.2 Å². The van der Waals surface area contributed by atoms with Crippen LogP contribution in [-0.4, -0.2) is 42.3 Å². The zero-order valence-corrected chi connectivity index (χ0v) is 18.9. The fraction of sp³-hybridized carbons (Fsp3) is 0.455. The highest BCUT2D eigenvalue weighted by molar-refractivity contribution is 7.90.